The molecule has 1 aliphatic carbocycles. The van der Waals surface area contributed by atoms with Gasteiger partial charge in [0.25, 0.3) is 0 Å². The van der Waals surface area contributed by atoms with Gasteiger partial charge in [-0.05, 0) is 24.7 Å². The number of aliphatic imine (C=N–C) groups is 1. The van der Waals surface area contributed by atoms with Gasteiger partial charge < -0.3 is 15.4 Å². The highest BCUT2D eigenvalue weighted by molar-refractivity contribution is 14.0. The van der Waals surface area contributed by atoms with E-state index < -0.39 is 35.4 Å². The molecule has 0 atom stereocenters. The van der Waals surface area contributed by atoms with Crippen molar-refractivity contribution < 1.29 is 22.3 Å². The van der Waals surface area contributed by atoms with Gasteiger partial charge in [0.1, 0.15) is 0 Å². The molecule has 0 heterocycles. The van der Waals surface area contributed by atoms with E-state index in [9.17, 15) is 17.6 Å². The van der Waals surface area contributed by atoms with Gasteiger partial charge in [0, 0.05) is 45.5 Å². The molecule has 0 amide bonds. The Hall–Kier alpha value is -1.10. The van der Waals surface area contributed by atoms with E-state index in [1.807, 2.05) is 0 Å². The largest absolute Gasteiger partial charge is 0.385 e. The number of hydrogen-bond acceptors (Lipinski definition) is 2. The maximum atomic E-state index is 13.7. The van der Waals surface area contributed by atoms with Crippen LogP contribution in [0.1, 0.15) is 37.7 Å². The van der Waals surface area contributed by atoms with Crippen molar-refractivity contribution in [2.24, 2.45) is 10.4 Å². The van der Waals surface area contributed by atoms with E-state index in [0.29, 0.717) is 19.1 Å². The van der Waals surface area contributed by atoms with Crippen LogP contribution >= 0.6 is 24.0 Å². The van der Waals surface area contributed by atoms with Crippen molar-refractivity contribution in [2.45, 2.75) is 38.6 Å². The Morgan fingerprint density at radius 3 is 2.22 bits per heavy atom. The molecule has 1 saturated carbocycles. The van der Waals surface area contributed by atoms with Crippen LogP contribution in [0.5, 0.6) is 0 Å². The van der Waals surface area contributed by atoms with Crippen molar-refractivity contribution in [3.05, 3.63) is 34.9 Å². The van der Waals surface area contributed by atoms with Crippen LogP contribution in [0, 0.1) is 28.7 Å². The third kappa shape index (κ3) is 6.20. The average Bonchev–Trinajstić information content (AvgIpc) is 3.10. The third-order valence-electron chi connectivity index (χ3n) is 4.99. The quantitative estimate of drug-likeness (QED) is 0.194. The molecule has 1 fully saturated rings. The summed E-state index contributed by atoms with van der Waals surface area (Å²) < 4.78 is 59.2. The molecule has 0 aromatic heterocycles. The number of benzene rings is 1. The normalized spacial score (nSPS) is 16.1. The molecule has 154 valence electrons. The Morgan fingerprint density at radius 1 is 1.11 bits per heavy atom. The standard InChI is InChI=1S/C18H25F4N3O.HI/c1-23-17(25-11-18(7-8-26-2)5-3-4-6-18)24-10-12-15(21)13(19)9-14(20)16(12)22;/h9H,3-8,10-11H2,1-2H3,(H2,23,24,25);1H. The van der Waals surface area contributed by atoms with Crippen molar-refractivity contribution in [1.82, 2.24) is 10.6 Å². The molecular formula is C18H26F4IN3O. The lowest BCUT2D eigenvalue weighted by Gasteiger charge is -2.30. The van der Waals surface area contributed by atoms with Crippen molar-refractivity contribution >= 4 is 29.9 Å². The highest BCUT2D eigenvalue weighted by Gasteiger charge is 2.33. The van der Waals surface area contributed by atoms with Gasteiger partial charge in [0.2, 0.25) is 0 Å². The first kappa shape index (κ1) is 23.9. The summed E-state index contributed by atoms with van der Waals surface area (Å²) in [6, 6.07) is 0.195. The topological polar surface area (TPSA) is 45.7 Å². The molecule has 27 heavy (non-hydrogen) atoms. The highest BCUT2D eigenvalue weighted by Crippen LogP contribution is 2.40. The number of nitrogens with zero attached hydrogens (tertiary/aromatic N) is 1. The fourth-order valence-electron chi connectivity index (χ4n) is 3.40. The molecule has 0 saturated heterocycles. The van der Waals surface area contributed by atoms with E-state index in [2.05, 4.69) is 15.6 Å². The lowest BCUT2D eigenvalue weighted by atomic mass is 9.83. The van der Waals surface area contributed by atoms with Gasteiger partial charge in [0.05, 0.1) is 0 Å². The number of rotatable bonds is 7. The first-order valence-corrected chi connectivity index (χ1v) is 8.68. The summed E-state index contributed by atoms with van der Waals surface area (Å²) in [5.74, 6) is -5.34. The van der Waals surface area contributed by atoms with Gasteiger partial charge in [-0.1, -0.05) is 12.8 Å². The molecule has 0 spiro atoms. The van der Waals surface area contributed by atoms with Crippen LogP contribution < -0.4 is 10.6 Å². The Labute approximate surface area is 174 Å². The number of nitrogens with one attached hydrogen (secondary N) is 2. The minimum Gasteiger partial charge on any atom is -0.385 e. The average molecular weight is 503 g/mol. The zero-order chi connectivity index (χ0) is 19.2. The summed E-state index contributed by atoms with van der Waals surface area (Å²) in [6.07, 6.45) is 5.34. The molecule has 1 aliphatic rings. The van der Waals surface area contributed by atoms with Crippen LogP contribution in [-0.2, 0) is 11.3 Å². The van der Waals surface area contributed by atoms with Crippen LogP contribution in [0.3, 0.4) is 0 Å². The molecule has 1 aromatic carbocycles. The van der Waals surface area contributed by atoms with Gasteiger partial charge in [-0.25, -0.2) is 17.6 Å². The van der Waals surface area contributed by atoms with Gasteiger partial charge >= 0.3 is 0 Å². The van der Waals surface area contributed by atoms with E-state index in [0.717, 1.165) is 32.1 Å². The highest BCUT2D eigenvalue weighted by atomic mass is 127. The summed E-state index contributed by atoms with van der Waals surface area (Å²) in [6.45, 7) is 0.877. The van der Waals surface area contributed by atoms with Crippen LogP contribution in [0.15, 0.2) is 11.1 Å². The molecule has 2 rings (SSSR count). The van der Waals surface area contributed by atoms with Crippen LogP contribution in [0.4, 0.5) is 17.6 Å². The number of ether oxygens (including phenoxy) is 1. The lowest BCUT2D eigenvalue weighted by molar-refractivity contribution is 0.138. The monoisotopic (exact) mass is 503 g/mol. The second-order valence-corrected chi connectivity index (χ2v) is 6.68. The molecule has 1 aromatic rings. The molecule has 0 radical (unpaired) electrons. The van der Waals surface area contributed by atoms with Crippen molar-refractivity contribution in [3.63, 3.8) is 0 Å². The van der Waals surface area contributed by atoms with E-state index >= 15 is 0 Å². The summed E-state index contributed by atoms with van der Waals surface area (Å²) in [4.78, 5) is 4.01. The molecule has 4 nitrogen and oxygen atoms in total. The second kappa shape index (κ2) is 11.0. The maximum Gasteiger partial charge on any atom is 0.191 e. The predicted molar refractivity (Wildman–Crippen MR) is 107 cm³/mol. The Morgan fingerprint density at radius 2 is 1.70 bits per heavy atom. The van der Waals surface area contributed by atoms with E-state index in [1.165, 1.54) is 7.05 Å². The second-order valence-electron chi connectivity index (χ2n) is 6.68. The number of methoxy groups -OCH3 is 1. The fourth-order valence-corrected chi connectivity index (χ4v) is 3.40. The minimum absolute atomic E-state index is 0. The van der Waals surface area contributed by atoms with Crippen LogP contribution in [0.25, 0.3) is 0 Å². The summed E-state index contributed by atoms with van der Waals surface area (Å²) in [5, 5.41) is 5.86. The van der Waals surface area contributed by atoms with Crippen LogP contribution in [-0.4, -0.2) is 33.3 Å². The van der Waals surface area contributed by atoms with Gasteiger partial charge in [-0.15, -0.1) is 24.0 Å². The van der Waals surface area contributed by atoms with Crippen molar-refractivity contribution in [1.29, 1.82) is 0 Å². The Balaban J connectivity index is 0.00000364. The molecule has 0 unspecified atom stereocenters. The molecule has 0 bridgehead atoms. The third-order valence-corrected chi connectivity index (χ3v) is 4.99. The zero-order valence-electron chi connectivity index (χ0n) is 15.5. The summed E-state index contributed by atoms with van der Waals surface area (Å²) in [7, 11) is 3.18. The van der Waals surface area contributed by atoms with Gasteiger partial charge in [-0.3, -0.25) is 4.99 Å². The SMILES string of the molecule is CN=C(NCc1c(F)c(F)cc(F)c1F)NCC1(CCOC)CCCC1.I. The number of hydrogen-bond donors (Lipinski definition) is 2. The summed E-state index contributed by atoms with van der Waals surface area (Å²) in [5.41, 5.74) is -0.602. The van der Waals surface area contributed by atoms with Gasteiger partial charge in [-0.2, -0.15) is 0 Å². The van der Waals surface area contributed by atoms with E-state index in [1.54, 1.807) is 7.11 Å². The van der Waals surface area contributed by atoms with Gasteiger partial charge in [0.15, 0.2) is 29.2 Å². The fraction of sp³-hybridized carbons (Fsp3) is 0.611. The smallest absolute Gasteiger partial charge is 0.191 e. The zero-order valence-corrected chi connectivity index (χ0v) is 17.8. The maximum absolute atomic E-state index is 13.7. The Kier molecular flexibility index (Phi) is 9.78. The molecule has 2 N–H and O–H groups in total. The molecule has 0 aliphatic heterocycles. The first-order chi connectivity index (χ1) is 12.4. The van der Waals surface area contributed by atoms with E-state index in [-0.39, 0.29) is 35.5 Å². The molecule has 9 heteroatoms. The van der Waals surface area contributed by atoms with Crippen LogP contribution in [0.2, 0.25) is 0 Å². The lowest BCUT2D eigenvalue weighted by Crippen LogP contribution is -2.43. The summed E-state index contributed by atoms with van der Waals surface area (Å²) >= 11 is 0. The molecular weight excluding hydrogens is 477 g/mol. The van der Waals surface area contributed by atoms with Crippen molar-refractivity contribution in [3.8, 4) is 0 Å². The minimum atomic E-state index is -1.42. The van der Waals surface area contributed by atoms with Crippen molar-refractivity contribution in [2.75, 3.05) is 27.3 Å². The predicted octanol–water partition coefficient (Wildman–Crippen LogP) is 4.12. The first-order valence-electron chi connectivity index (χ1n) is 8.68. The van der Waals surface area contributed by atoms with E-state index in [4.69, 9.17) is 4.74 Å². The number of guanidine groups is 1. The number of halogens is 5. The Bertz CT molecular complexity index is 626.